The van der Waals surface area contributed by atoms with E-state index in [4.69, 9.17) is 4.74 Å². The number of carbonyl (C=O) groups is 2. The summed E-state index contributed by atoms with van der Waals surface area (Å²) >= 11 is 0. The van der Waals surface area contributed by atoms with Gasteiger partial charge in [-0.1, -0.05) is 26.0 Å². The summed E-state index contributed by atoms with van der Waals surface area (Å²) in [6.07, 6.45) is -1.49. The smallest absolute Gasteiger partial charge is 0.416 e. The van der Waals surface area contributed by atoms with E-state index < -0.39 is 23.2 Å². The molecular formula is C27H30F3N3O3. The molecule has 0 aromatic heterocycles. The van der Waals surface area contributed by atoms with E-state index >= 15 is 0 Å². The van der Waals surface area contributed by atoms with Crippen molar-refractivity contribution in [1.82, 2.24) is 4.90 Å². The van der Waals surface area contributed by atoms with Crippen molar-refractivity contribution in [2.75, 3.05) is 23.8 Å². The molecule has 2 heterocycles. The summed E-state index contributed by atoms with van der Waals surface area (Å²) < 4.78 is 46.0. The minimum atomic E-state index is -4.49. The van der Waals surface area contributed by atoms with Crippen molar-refractivity contribution in [3.05, 3.63) is 59.2 Å². The van der Waals surface area contributed by atoms with Crippen molar-refractivity contribution < 1.29 is 27.5 Å². The van der Waals surface area contributed by atoms with Crippen molar-refractivity contribution in [3.8, 4) is 5.75 Å². The van der Waals surface area contributed by atoms with Crippen molar-refractivity contribution in [3.63, 3.8) is 0 Å². The normalized spacial score (nSPS) is 18.0. The third-order valence-corrected chi connectivity index (χ3v) is 7.10. The summed E-state index contributed by atoms with van der Waals surface area (Å²) in [5, 5.41) is 2.84. The molecule has 6 nitrogen and oxygen atoms in total. The number of rotatable bonds is 5. The molecule has 0 atom stereocenters. The predicted octanol–water partition coefficient (Wildman–Crippen LogP) is 6.46. The van der Waals surface area contributed by atoms with Crippen LogP contribution in [0, 0.1) is 0 Å². The standard InChI is InChI=1S/C27H30F3N3O3/c1-5-26(6-2)15-18(21-11-9-19(27(28,29)30)13-23(21)36-26)12-24(34)31-20-10-8-17-16-33(7-3)25(35)32(4)22(17)14-20/h8-14H,5-7,15-16H2,1-4H3,(H,31,34). The Morgan fingerprint density at radius 3 is 2.50 bits per heavy atom. The van der Waals surface area contributed by atoms with E-state index in [1.54, 1.807) is 29.0 Å². The molecule has 0 spiro atoms. The highest BCUT2D eigenvalue weighted by molar-refractivity contribution is 6.05. The van der Waals surface area contributed by atoms with Gasteiger partial charge < -0.3 is 15.0 Å². The zero-order valence-electron chi connectivity index (χ0n) is 20.8. The Kier molecular flexibility index (Phi) is 6.77. The van der Waals surface area contributed by atoms with Gasteiger partial charge >= 0.3 is 12.2 Å². The first-order valence-electron chi connectivity index (χ1n) is 12.1. The molecule has 3 amide bonds. The van der Waals surface area contributed by atoms with Crippen molar-refractivity contribution in [2.24, 2.45) is 0 Å². The lowest BCUT2D eigenvalue weighted by molar-refractivity contribution is -0.137. The maximum Gasteiger partial charge on any atom is 0.416 e. The molecule has 2 aromatic rings. The molecule has 1 N–H and O–H groups in total. The number of anilines is 2. The van der Waals surface area contributed by atoms with Crippen LogP contribution >= 0.6 is 0 Å². The number of halogens is 3. The number of nitrogens with zero attached hydrogens (tertiary/aromatic N) is 2. The highest BCUT2D eigenvalue weighted by atomic mass is 19.4. The Hall–Kier alpha value is -3.49. The second kappa shape index (κ2) is 9.52. The molecule has 0 aliphatic carbocycles. The number of fused-ring (bicyclic) bond motifs is 2. The van der Waals surface area contributed by atoms with E-state index in [9.17, 15) is 22.8 Å². The van der Waals surface area contributed by atoms with Crippen molar-refractivity contribution in [2.45, 2.75) is 58.4 Å². The van der Waals surface area contributed by atoms with Crippen LogP contribution in [0.5, 0.6) is 5.75 Å². The molecule has 2 aliphatic heterocycles. The van der Waals surface area contributed by atoms with E-state index in [1.165, 1.54) is 12.1 Å². The van der Waals surface area contributed by atoms with E-state index in [0.717, 1.165) is 23.4 Å². The molecule has 0 saturated heterocycles. The van der Waals surface area contributed by atoms with Gasteiger partial charge in [-0.15, -0.1) is 0 Å². The third-order valence-electron chi connectivity index (χ3n) is 7.10. The average Bonchev–Trinajstić information content (AvgIpc) is 2.85. The van der Waals surface area contributed by atoms with Gasteiger partial charge in [-0.05, 0) is 55.2 Å². The molecule has 4 rings (SSSR count). The van der Waals surface area contributed by atoms with Crippen LogP contribution in [0.25, 0.3) is 5.57 Å². The second-order valence-corrected chi connectivity index (χ2v) is 9.24. The molecule has 0 radical (unpaired) electrons. The van der Waals surface area contributed by atoms with Crippen LogP contribution in [0.4, 0.5) is 29.3 Å². The molecule has 36 heavy (non-hydrogen) atoms. The molecular weight excluding hydrogens is 471 g/mol. The fourth-order valence-electron chi connectivity index (χ4n) is 4.79. The van der Waals surface area contributed by atoms with Crippen LogP contribution in [0.15, 0.2) is 42.5 Å². The minimum Gasteiger partial charge on any atom is -0.486 e. The van der Waals surface area contributed by atoms with Gasteiger partial charge in [0.15, 0.2) is 0 Å². The van der Waals surface area contributed by atoms with Gasteiger partial charge in [0.1, 0.15) is 11.4 Å². The van der Waals surface area contributed by atoms with Gasteiger partial charge in [0.2, 0.25) is 5.91 Å². The zero-order valence-corrected chi connectivity index (χ0v) is 20.8. The van der Waals surface area contributed by atoms with Crippen LogP contribution in [0.1, 0.15) is 56.7 Å². The lowest BCUT2D eigenvalue weighted by Crippen LogP contribution is -2.44. The molecule has 9 heteroatoms. The number of alkyl halides is 3. The number of benzene rings is 2. The Bertz CT molecular complexity index is 1220. The number of hydrogen-bond donors (Lipinski definition) is 1. The van der Waals surface area contributed by atoms with Gasteiger partial charge in [-0.3, -0.25) is 9.69 Å². The zero-order chi connectivity index (χ0) is 26.3. The first kappa shape index (κ1) is 25.6. The van der Waals surface area contributed by atoms with E-state index in [2.05, 4.69) is 5.32 Å². The van der Waals surface area contributed by atoms with E-state index in [1.807, 2.05) is 26.8 Å². The van der Waals surface area contributed by atoms with Crippen molar-refractivity contribution in [1.29, 1.82) is 0 Å². The Balaban J connectivity index is 1.64. The highest BCUT2D eigenvalue weighted by Gasteiger charge is 2.38. The van der Waals surface area contributed by atoms with Gasteiger partial charge in [-0.2, -0.15) is 13.2 Å². The van der Waals surface area contributed by atoms with Gasteiger partial charge in [0, 0.05) is 43.9 Å². The summed E-state index contributed by atoms with van der Waals surface area (Å²) in [5.74, 6) is -0.271. The summed E-state index contributed by atoms with van der Waals surface area (Å²) in [6.45, 7) is 6.86. The summed E-state index contributed by atoms with van der Waals surface area (Å²) in [5.41, 5.74) is 1.84. The predicted molar refractivity (Wildman–Crippen MR) is 133 cm³/mol. The lowest BCUT2D eigenvalue weighted by Gasteiger charge is -2.39. The van der Waals surface area contributed by atoms with E-state index in [0.29, 0.717) is 49.2 Å². The highest BCUT2D eigenvalue weighted by Crippen LogP contribution is 2.45. The Morgan fingerprint density at radius 2 is 1.86 bits per heavy atom. The second-order valence-electron chi connectivity index (χ2n) is 9.24. The largest absolute Gasteiger partial charge is 0.486 e. The fraction of sp³-hybridized carbons (Fsp3) is 0.407. The third kappa shape index (κ3) is 4.79. The first-order valence-corrected chi connectivity index (χ1v) is 12.1. The minimum absolute atomic E-state index is 0.108. The number of urea groups is 1. The maximum atomic E-state index is 13.3. The molecule has 0 unspecified atom stereocenters. The summed E-state index contributed by atoms with van der Waals surface area (Å²) in [7, 11) is 1.69. The van der Waals surface area contributed by atoms with Crippen molar-refractivity contribution >= 4 is 28.9 Å². The van der Waals surface area contributed by atoms with Crippen LogP contribution in [-0.2, 0) is 17.5 Å². The number of carbonyl (C=O) groups excluding carboxylic acids is 2. The molecule has 0 saturated carbocycles. The Labute approximate surface area is 208 Å². The Morgan fingerprint density at radius 1 is 1.14 bits per heavy atom. The first-order chi connectivity index (χ1) is 17.0. The molecule has 0 fully saturated rings. The van der Waals surface area contributed by atoms with Crippen LogP contribution < -0.4 is 15.0 Å². The average molecular weight is 502 g/mol. The fourth-order valence-corrected chi connectivity index (χ4v) is 4.79. The molecule has 2 aliphatic rings. The van der Waals surface area contributed by atoms with Gasteiger partial charge in [0.05, 0.1) is 11.3 Å². The molecule has 192 valence electrons. The quantitative estimate of drug-likeness (QED) is 0.479. The van der Waals surface area contributed by atoms with E-state index in [-0.39, 0.29) is 11.8 Å². The summed E-state index contributed by atoms with van der Waals surface area (Å²) in [6, 6.07) is 8.69. The molecule has 2 aromatic carbocycles. The van der Waals surface area contributed by atoms with Crippen LogP contribution in [-0.4, -0.2) is 36.0 Å². The topological polar surface area (TPSA) is 61.9 Å². The van der Waals surface area contributed by atoms with Crippen LogP contribution in [0.2, 0.25) is 0 Å². The lowest BCUT2D eigenvalue weighted by atomic mass is 9.83. The maximum absolute atomic E-state index is 13.3. The monoisotopic (exact) mass is 501 g/mol. The molecule has 0 bridgehead atoms. The number of hydrogen-bond acceptors (Lipinski definition) is 3. The number of ether oxygens (including phenoxy) is 1. The SMILES string of the molecule is CCN1Cc2ccc(NC(=O)C=C3CC(CC)(CC)Oc4cc(C(F)(F)F)ccc43)cc2N(C)C1=O. The number of amides is 3. The van der Waals surface area contributed by atoms with Crippen LogP contribution in [0.3, 0.4) is 0 Å². The number of nitrogens with one attached hydrogen (secondary N) is 1. The van der Waals surface area contributed by atoms with Gasteiger partial charge in [-0.25, -0.2) is 4.79 Å². The van der Waals surface area contributed by atoms with Gasteiger partial charge in [0.25, 0.3) is 0 Å². The summed E-state index contributed by atoms with van der Waals surface area (Å²) in [4.78, 5) is 28.8.